The first-order valence-electron chi connectivity index (χ1n) is 9.94. The highest BCUT2D eigenvalue weighted by Crippen LogP contribution is 2.23. The molecular weight excluding hydrogens is 386 g/mol. The molecule has 29 heavy (non-hydrogen) atoms. The second-order valence-corrected chi connectivity index (χ2v) is 9.49. The molecule has 0 saturated carbocycles. The Bertz CT molecular complexity index is 995. The first-order chi connectivity index (χ1) is 13.8. The quantitative estimate of drug-likeness (QED) is 0.652. The fourth-order valence-corrected chi connectivity index (χ4v) is 5.07. The third kappa shape index (κ3) is 5.04. The number of fused-ring (bicyclic) bond motifs is 1. The molecule has 0 spiro atoms. The van der Waals surface area contributed by atoms with Gasteiger partial charge in [0.2, 0.25) is 15.9 Å². The van der Waals surface area contributed by atoms with Gasteiger partial charge in [0, 0.05) is 32.7 Å². The Morgan fingerprint density at radius 1 is 1.03 bits per heavy atom. The molecule has 0 aromatic heterocycles. The Balaban J connectivity index is 1.64. The fraction of sp³-hybridized carbons (Fsp3) is 0.409. The number of hydrogen-bond acceptors (Lipinski definition) is 4. The summed E-state index contributed by atoms with van der Waals surface area (Å²) in [7, 11) is -3.57. The number of rotatable bonds is 7. The maximum absolute atomic E-state index is 13.1. The third-order valence-corrected chi connectivity index (χ3v) is 7.14. The molecule has 0 unspecified atom stereocenters. The van der Waals surface area contributed by atoms with Crippen LogP contribution in [0, 0.1) is 0 Å². The van der Waals surface area contributed by atoms with Gasteiger partial charge < -0.3 is 4.90 Å². The largest absolute Gasteiger partial charge is 0.339 e. The van der Waals surface area contributed by atoms with Gasteiger partial charge in [0.15, 0.2) is 0 Å². The predicted molar refractivity (Wildman–Crippen MR) is 116 cm³/mol. The van der Waals surface area contributed by atoms with Crippen molar-refractivity contribution in [2.24, 2.45) is 0 Å². The molecule has 1 aliphatic rings. The number of carbonyl (C=O) groups excluding carboxylic acids is 1. The Kier molecular flexibility index (Phi) is 6.72. The molecule has 156 valence electrons. The lowest BCUT2D eigenvalue weighted by molar-refractivity contribution is -0.133. The first kappa shape index (κ1) is 21.5. The third-order valence-electron chi connectivity index (χ3n) is 5.25. The predicted octanol–water partition coefficient (Wildman–Crippen LogP) is 2.57. The van der Waals surface area contributed by atoms with Crippen molar-refractivity contribution in [1.82, 2.24) is 14.1 Å². The van der Waals surface area contributed by atoms with Crippen molar-refractivity contribution in [2.45, 2.75) is 18.7 Å². The summed E-state index contributed by atoms with van der Waals surface area (Å²) in [6.07, 6.45) is 0. The summed E-state index contributed by atoms with van der Waals surface area (Å²) in [6, 6.07) is 12.9. The maximum Gasteiger partial charge on any atom is 0.243 e. The molecule has 1 heterocycles. The minimum Gasteiger partial charge on any atom is -0.339 e. The smallest absolute Gasteiger partial charge is 0.243 e. The van der Waals surface area contributed by atoms with Crippen LogP contribution in [0.1, 0.15) is 13.8 Å². The Labute approximate surface area is 173 Å². The normalized spacial score (nSPS) is 15.8. The van der Waals surface area contributed by atoms with Gasteiger partial charge >= 0.3 is 0 Å². The Morgan fingerprint density at radius 2 is 1.69 bits per heavy atom. The number of nitrogens with zero attached hydrogens (tertiary/aromatic N) is 3. The van der Waals surface area contributed by atoms with E-state index in [2.05, 4.69) is 6.58 Å². The highest BCUT2D eigenvalue weighted by molar-refractivity contribution is 7.89. The lowest BCUT2D eigenvalue weighted by Crippen LogP contribution is -2.52. The van der Waals surface area contributed by atoms with Gasteiger partial charge in [-0.25, -0.2) is 8.42 Å². The minimum atomic E-state index is -3.57. The number of piperazine rings is 1. The van der Waals surface area contributed by atoms with Crippen LogP contribution in [0.5, 0.6) is 0 Å². The maximum atomic E-state index is 13.1. The summed E-state index contributed by atoms with van der Waals surface area (Å²) >= 11 is 0. The van der Waals surface area contributed by atoms with Crippen LogP contribution in [0.25, 0.3) is 10.8 Å². The van der Waals surface area contributed by atoms with Gasteiger partial charge in [0.05, 0.1) is 11.4 Å². The fourth-order valence-electron chi connectivity index (χ4n) is 3.61. The summed E-state index contributed by atoms with van der Waals surface area (Å²) in [6.45, 7) is 11.1. The molecular formula is C22H29N3O3S. The molecule has 0 radical (unpaired) electrons. The number of hydrogen-bond donors (Lipinski definition) is 0. The zero-order chi connectivity index (χ0) is 21.0. The molecule has 3 rings (SSSR count). The van der Waals surface area contributed by atoms with E-state index in [1.54, 1.807) is 17.0 Å². The molecule has 7 heteroatoms. The number of amides is 1. The molecule has 1 saturated heterocycles. The van der Waals surface area contributed by atoms with Crippen LogP contribution in [-0.2, 0) is 14.8 Å². The SMILES string of the molecule is C=C(C)CN(CC)CC(=O)N1CCN(S(=O)(=O)c2ccc3ccccc3c2)CC1. The van der Waals surface area contributed by atoms with E-state index in [0.717, 1.165) is 22.9 Å². The topological polar surface area (TPSA) is 60.9 Å². The van der Waals surface area contributed by atoms with Crippen LogP contribution < -0.4 is 0 Å². The summed E-state index contributed by atoms with van der Waals surface area (Å²) < 4.78 is 27.6. The van der Waals surface area contributed by atoms with Crippen LogP contribution in [-0.4, -0.2) is 74.2 Å². The van der Waals surface area contributed by atoms with Gasteiger partial charge in [-0.05, 0) is 36.4 Å². The van der Waals surface area contributed by atoms with Crippen LogP contribution >= 0.6 is 0 Å². The van der Waals surface area contributed by atoms with Crippen molar-refractivity contribution < 1.29 is 13.2 Å². The van der Waals surface area contributed by atoms with E-state index in [4.69, 9.17) is 0 Å². The molecule has 0 N–H and O–H groups in total. The zero-order valence-electron chi connectivity index (χ0n) is 17.2. The minimum absolute atomic E-state index is 0.0378. The molecule has 2 aromatic carbocycles. The molecule has 6 nitrogen and oxygen atoms in total. The van der Waals surface area contributed by atoms with E-state index in [1.807, 2.05) is 49.1 Å². The van der Waals surface area contributed by atoms with Gasteiger partial charge in [-0.3, -0.25) is 9.69 Å². The van der Waals surface area contributed by atoms with Crippen molar-refractivity contribution in [3.05, 3.63) is 54.6 Å². The summed E-state index contributed by atoms with van der Waals surface area (Å²) in [5.74, 6) is 0.0378. The molecule has 2 aromatic rings. The van der Waals surface area contributed by atoms with Crippen LogP contribution in [0.4, 0.5) is 0 Å². The van der Waals surface area contributed by atoms with E-state index >= 15 is 0 Å². The zero-order valence-corrected chi connectivity index (χ0v) is 18.0. The number of benzene rings is 2. The monoisotopic (exact) mass is 415 g/mol. The number of likely N-dealkylation sites (N-methyl/N-ethyl adjacent to an activating group) is 1. The van der Waals surface area contributed by atoms with Crippen LogP contribution in [0.15, 0.2) is 59.5 Å². The highest BCUT2D eigenvalue weighted by atomic mass is 32.2. The highest BCUT2D eigenvalue weighted by Gasteiger charge is 2.30. The molecule has 1 amide bonds. The van der Waals surface area contributed by atoms with Gasteiger partial charge in [0.1, 0.15) is 0 Å². The lowest BCUT2D eigenvalue weighted by atomic mass is 10.1. The molecule has 1 fully saturated rings. The average Bonchev–Trinajstić information content (AvgIpc) is 2.72. The van der Waals surface area contributed by atoms with Gasteiger partial charge in [-0.2, -0.15) is 4.31 Å². The standard InChI is InChI=1S/C22H29N3O3S/c1-4-23(16-18(2)3)17-22(26)24-11-13-25(14-12-24)29(27,28)21-10-9-19-7-5-6-8-20(19)15-21/h5-10,15H,2,4,11-14,16-17H2,1,3H3. The first-order valence-corrected chi connectivity index (χ1v) is 11.4. The molecule has 0 aliphatic carbocycles. The Morgan fingerprint density at radius 3 is 2.31 bits per heavy atom. The number of carbonyl (C=O) groups is 1. The van der Waals surface area contributed by atoms with Gasteiger partial charge in [-0.15, -0.1) is 0 Å². The molecule has 0 bridgehead atoms. The summed E-state index contributed by atoms with van der Waals surface area (Å²) in [4.78, 5) is 16.7. The van der Waals surface area contributed by atoms with Crippen molar-refractivity contribution >= 4 is 26.7 Å². The van der Waals surface area contributed by atoms with E-state index in [1.165, 1.54) is 4.31 Å². The summed E-state index contributed by atoms with van der Waals surface area (Å²) in [5, 5.41) is 1.91. The average molecular weight is 416 g/mol. The molecule has 1 aliphatic heterocycles. The Hall–Kier alpha value is -2.22. The van der Waals surface area contributed by atoms with Crippen molar-refractivity contribution in [2.75, 3.05) is 45.8 Å². The van der Waals surface area contributed by atoms with E-state index in [9.17, 15) is 13.2 Å². The second-order valence-electron chi connectivity index (χ2n) is 7.55. The second kappa shape index (κ2) is 9.07. The lowest BCUT2D eigenvalue weighted by Gasteiger charge is -2.35. The van der Waals surface area contributed by atoms with Crippen LogP contribution in [0.2, 0.25) is 0 Å². The van der Waals surface area contributed by atoms with Gasteiger partial charge in [-0.1, -0.05) is 49.4 Å². The number of sulfonamides is 1. The van der Waals surface area contributed by atoms with Crippen molar-refractivity contribution in [3.63, 3.8) is 0 Å². The van der Waals surface area contributed by atoms with Crippen molar-refractivity contribution in [1.29, 1.82) is 0 Å². The van der Waals surface area contributed by atoms with E-state index in [-0.39, 0.29) is 5.91 Å². The van der Waals surface area contributed by atoms with E-state index < -0.39 is 10.0 Å². The van der Waals surface area contributed by atoms with E-state index in [0.29, 0.717) is 44.2 Å². The molecule has 0 atom stereocenters. The van der Waals surface area contributed by atoms with Crippen LogP contribution in [0.3, 0.4) is 0 Å². The van der Waals surface area contributed by atoms with Gasteiger partial charge in [0.25, 0.3) is 0 Å². The summed E-state index contributed by atoms with van der Waals surface area (Å²) in [5.41, 5.74) is 1.02. The van der Waals surface area contributed by atoms with Crippen molar-refractivity contribution in [3.8, 4) is 0 Å².